The van der Waals surface area contributed by atoms with Gasteiger partial charge in [-0.15, -0.1) is 0 Å². The number of nitrogens with two attached hydrogens (primary N) is 1. The van der Waals surface area contributed by atoms with Gasteiger partial charge in [-0.2, -0.15) is 0 Å². The topological polar surface area (TPSA) is 55.1 Å². The summed E-state index contributed by atoms with van der Waals surface area (Å²) in [4.78, 5) is 12.2. The zero-order valence-corrected chi connectivity index (χ0v) is 11.0. The van der Waals surface area contributed by atoms with Gasteiger partial charge < -0.3 is 11.1 Å². The predicted octanol–water partition coefficient (Wildman–Crippen LogP) is 2.87. The monoisotopic (exact) mass is 244 g/mol. The zero-order chi connectivity index (χ0) is 12.9. The first-order valence-electron chi connectivity index (χ1n) is 6.72. The fourth-order valence-electron chi connectivity index (χ4n) is 3.11. The third-order valence-corrected chi connectivity index (χ3v) is 4.54. The van der Waals surface area contributed by atoms with Crippen LogP contribution in [0, 0.1) is 31.6 Å². The second-order valence-corrected chi connectivity index (χ2v) is 5.94. The minimum absolute atomic E-state index is 0.150. The number of anilines is 2. The number of fused-ring (bicyclic) bond motifs is 1. The molecule has 1 aromatic carbocycles. The fourth-order valence-corrected chi connectivity index (χ4v) is 3.11. The number of benzene rings is 1. The average molecular weight is 244 g/mol. The van der Waals surface area contributed by atoms with Crippen LogP contribution in [0.2, 0.25) is 0 Å². The summed E-state index contributed by atoms with van der Waals surface area (Å²) in [6.07, 6.45) is 3.48. The summed E-state index contributed by atoms with van der Waals surface area (Å²) < 4.78 is 0. The van der Waals surface area contributed by atoms with E-state index in [0.29, 0.717) is 5.69 Å². The van der Waals surface area contributed by atoms with E-state index in [1.165, 1.54) is 6.42 Å². The molecule has 0 heterocycles. The van der Waals surface area contributed by atoms with Gasteiger partial charge in [-0.3, -0.25) is 4.79 Å². The van der Waals surface area contributed by atoms with Crippen molar-refractivity contribution in [2.75, 3.05) is 11.1 Å². The smallest absolute Gasteiger partial charge is 0.227 e. The Bertz CT molecular complexity index is 499. The summed E-state index contributed by atoms with van der Waals surface area (Å²) in [7, 11) is 0. The van der Waals surface area contributed by atoms with Crippen molar-refractivity contribution >= 4 is 17.3 Å². The van der Waals surface area contributed by atoms with Crippen LogP contribution >= 0.6 is 0 Å². The lowest BCUT2D eigenvalue weighted by Gasteiger charge is -2.15. The summed E-state index contributed by atoms with van der Waals surface area (Å²) in [5.74, 6) is 2.02. The zero-order valence-electron chi connectivity index (χ0n) is 11.0. The maximum Gasteiger partial charge on any atom is 0.227 e. The molecule has 96 valence electrons. The lowest BCUT2D eigenvalue weighted by molar-refractivity contribution is -0.119. The second-order valence-electron chi connectivity index (χ2n) is 5.94. The lowest BCUT2D eigenvalue weighted by Crippen LogP contribution is -2.22. The first-order chi connectivity index (χ1) is 8.54. The van der Waals surface area contributed by atoms with Crippen LogP contribution < -0.4 is 11.1 Å². The summed E-state index contributed by atoms with van der Waals surface area (Å²) >= 11 is 0. The Kier molecular flexibility index (Phi) is 2.58. The third-order valence-electron chi connectivity index (χ3n) is 4.54. The Morgan fingerprint density at radius 1 is 1.17 bits per heavy atom. The van der Waals surface area contributed by atoms with Gasteiger partial charge >= 0.3 is 0 Å². The molecule has 2 saturated carbocycles. The minimum atomic E-state index is 0.150. The van der Waals surface area contributed by atoms with Crippen molar-refractivity contribution in [1.82, 2.24) is 0 Å². The predicted molar refractivity (Wildman–Crippen MR) is 73.3 cm³/mol. The van der Waals surface area contributed by atoms with E-state index in [1.54, 1.807) is 0 Å². The van der Waals surface area contributed by atoms with E-state index in [9.17, 15) is 4.79 Å². The number of aryl methyl sites for hydroxylation is 2. The summed E-state index contributed by atoms with van der Waals surface area (Å²) in [6.45, 7) is 4.07. The van der Waals surface area contributed by atoms with Gasteiger partial charge in [0.15, 0.2) is 0 Å². The molecule has 2 aliphatic rings. The normalized spacial score (nSPS) is 28.9. The summed E-state index contributed by atoms with van der Waals surface area (Å²) in [6, 6.07) is 3.90. The van der Waals surface area contributed by atoms with Crippen LogP contribution in [0.5, 0.6) is 0 Å². The number of carbonyl (C=O) groups excluding carboxylic acids is 1. The van der Waals surface area contributed by atoms with E-state index in [-0.39, 0.29) is 11.8 Å². The number of hydrogen-bond acceptors (Lipinski definition) is 2. The maximum atomic E-state index is 12.2. The van der Waals surface area contributed by atoms with Crippen LogP contribution in [0.4, 0.5) is 11.4 Å². The van der Waals surface area contributed by atoms with E-state index in [2.05, 4.69) is 5.32 Å². The van der Waals surface area contributed by atoms with Crippen molar-refractivity contribution in [3.63, 3.8) is 0 Å². The Hall–Kier alpha value is -1.51. The number of nitrogen functional groups attached to an aromatic ring is 1. The number of rotatable bonds is 2. The highest BCUT2D eigenvalue weighted by atomic mass is 16.1. The minimum Gasteiger partial charge on any atom is -0.397 e. The highest BCUT2D eigenvalue weighted by molar-refractivity contribution is 5.95. The molecule has 3 heteroatoms. The fraction of sp³-hybridized carbons (Fsp3) is 0.533. The highest BCUT2D eigenvalue weighted by Crippen LogP contribution is 2.54. The van der Waals surface area contributed by atoms with Crippen molar-refractivity contribution in [3.05, 3.63) is 23.3 Å². The average Bonchev–Trinajstić information content (AvgIpc) is 2.93. The van der Waals surface area contributed by atoms with E-state index in [1.807, 2.05) is 26.0 Å². The molecule has 1 amide bonds. The van der Waals surface area contributed by atoms with Crippen molar-refractivity contribution in [2.24, 2.45) is 17.8 Å². The molecule has 0 aromatic heterocycles. The molecule has 18 heavy (non-hydrogen) atoms. The molecule has 0 aliphatic heterocycles. The van der Waals surface area contributed by atoms with E-state index in [0.717, 1.165) is 41.5 Å². The first-order valence-corrected chi connectivity index (χ1v) is 6.72. The van der Waals surface area contributed by atoms with Crippen LogP contribution in [0.15, 0.2) is 12.1 Å². The van der Waals surface area contributed by atoms with Gasteiger partial charge in [0.2, 0.25) is 5.91 Å². The Labute approximate surface area is 108 Å². The van der Waals surface area contributed by atoms with E-state index < -0.39 is 0 Å². The van der Waals surface area contributed by atoms with Gasteiger partial charge in [0, 0.05) is 5.92 Å². The summed E-state index contributed by atoms with van der Waals surface area (Å²) in [5, 5.41) is 3.00. The van der Waals surface area contributed by atoms with Gasteiger partial charge in [0.05, 0.1) is 11.4 Å². The van der Waals surface area contributed by atoms with Crippen molar-refractivity contribution in [1.29, 1.82) is 0 Å². The standard InChI is InChI=1S/C15H20N2O/c1-8-3-13(16)14(4-9(8)2)17-15(18)12-6-10-5-11(10)7-12/h3-4,10-12H,5-7,16H2,1-2H3,(H,17,18). The van der Waals surface area contributed by atoms with Gasteiger partial charge in [0.25, 0.3) is 0 Å². The Balaban J connectivity index is 1.72. The van der Waals surface area contributed by atoms with Crippen LogP contribution in [0.3, 0.4) is 0 Å². The largest absolute Gasteiger partial charge is 0.397 e. The molecule has 3 nitrogen and oxygen atoms in total. The number of hydrogen-bond donors (Lipinski definition) is 2. The van der Waals surface area contributed by atoms with Gasteiger partial charge in [-0.25, -0.2) is 0 Å². The Morgan fingerprint density at radius 2 is 1.78 bits per heavy atom. The Morgan fingerprint density at radius 3 is 2.44 bits per heavy atom. The molecule has 3 N–H and O–H groups in total. The van der Waals surface area contributed by atoms with E-state index in [4.69, 9.17) is 5.73 Å². The molecule has 3 rings (SSSR count). The van der Waals surface area contributed by atoms with Crippen LogP contribution in [-0.2, 0) is 4.79 Å². The molecular formula is C15H20N2O. The van der Waals surface area contributed by atoms with E-state index >= 15 is 0 Å². The van der Waals surface area contributed by atoms with Crippen LogP contribution in [-0.4, -0.2) is 5.91 Å². The van der Waals surface area contributed by atoms with Crippen molar-refractivity contribution in [2.45, 2.75) is 33.1 Å². The van der Waals surface area contributed by atoms with Crippen molar-refractivity contribution in [3.8, 4) is 0 Å². The third kappa shape index (κ3) is 1.98. The van der Waals surface area contributed by atoms with Crippen LogP contribution in [0.25, 0.3) is 0 Å². The molecule has 2 aliphatic carbocycles. The molecule has 0 radical (unpaired) electrons. The summed E-state index contributed by atoms with van der Waals surface area (Å²) in [5.41, 5.74) is 9.71. The quantitative estimate of drug-likeness (QED) is 0.786. The van der Waals surface area contributed by atoms with Gasteiger partial charge in [0.1, 0.15) is 0 Å². The van der Waals surface area contributed by atoms with Gasteiger partial charge in [-0.05, 0) is 68.2 Å². The molecule has 1 aromatic rings. The molecule has 0 bridgehead atoms. The lowest BCUT2D eigenvalue weighted by atomic mass is 10.0. The number of amides is 1. The number of nitrogens with one attached hydrogen (secondary N) is 1. The molecule has 2 unspecified atom stereocenters. The molecular weight excluding hydrogens is 224 g/mol. The number of carbonyl (C=O) groups is 1. The maximum absolute atomic E-state index is 12.2. The first kappa shape index (κ1) is 11.6. The van der Waals surface area contributed by atoms with Crippen molar-refractivity contribution < 1.29 is 4.79 Å². The molecule has 2 atom stereocenters. The molecule has 0 saturated heterocycles. The van der Waals surface area contributed by atoms with Crippen LogP contribution in [0.1, 0.15) is 30.4 Å². The highest BCUT2D eigenvalue weighted by Gasteiger charge is 2.48. The van der Waals surface area contributed by atoms with Gasteiger partial charge in [-0.1, -0.05) is 0 Å². The SMILES string of the molecule is Cc1cc(N)c(NC(=O)C2CC3CC3C2)cc1C. The molecule has 2 fully saturated rings. The molecule has 0 spiro atoms. The second kappa shape index (κ2) is 4.01.